The Morgan fingerprint density at radius 1 is 1.56 bits per heavy atom. The third kappa shape index (κ3) is 2.07. The van der Waals surface area contributed by atoms with Gasteiger partial charge in [0, 0.05) is 23.8 Å². The molecule has 0 amide bonds. The van der Waals surface area contributed by atoms with Crippen LogP contribution in [0.1, 0.15) is 36.5 Å². The molecule has 0 radical (unpaired) electrons. The van der Waals surface area contributed by atoms with Crippen LogP contribution in [-0.4, -0.2) is 18.9 Å². The summed E-state index contributed by atoms with van der Waals surface area (Å²) in [6.45, 7) is 3.31. The van der Waals surface area contributed by atoms with Crippen LogP contribution in [0.4, 0.5) is 5.69 Å². The van der Waals surface area contributed by atoms with Gasteiger partial charge in [-0.1, -0.05) is 18.5 Å². The molecule has 1 heterocycles. The van der Waals surface area contributed by atoms with E-state index in [0.29, 0.717) is 16.6 Å². The lowest BCUT2D eigenvalue weighted by atomic mass is 10.1. The molecule has 1 aliphatic rings. The summed E-state index contributed by atoms with van der Waals surface area (Å²) in [7, 11) is 0. The van der Waals surface area contributed by atoms with Gasteiger partial charge in [-0.3, -0.25) is 4.79 Å². The number of carbonyl (C=O) groups is 1. The van der Waals surface area contributed by atoms with Gasteiger partial charge < -0.3 is 4.90 Å². The Kier molecular flexibility index (Phi) is 3.49. The van der Waals surface area contributed by atoms with Gasteiger partial charge in [0.1, 0.15) is 0 Å². The largest absolute Gasteiger partial charge is 0.369 e. The van der Waals surface area contributed by atoms with Gasteiger partial charge in [-0.15, -0.1) is 0 Å². The van der Waals surface area contributed by atoms with E-state index in [1.165, 1.54) is 12.8 Å². The molecule has 1 aromatic carbocycles. The molecule has 0 N–H and O–H groups in total. The third-order valence-electron chi connectivity index (χ3n) is 3.29. The van der Waals surface area contributed by atoms with Gasteiger partial charge in [0.05, 0.1) is 5.02 Å². The van der Waals surface area contributed by atoms with Gasteiger partial charge in [0.25, 0.3) is 0 Å². The van der Waals surface area contributed by atoms with E-state index in [4.69, 9.17) is 11.6 Å². The second-order valence-corrected chi connectivity index (χ2v) is 4.63. The second-order valence-electron chi connectivity index (χ2n) is 4.22. The van der Waals surface area contributed by atoms with Crippen LogP contribution in [0.15, 0.2) is 18.2 Å². The monoisotopic (exact) mass is 237 g/mol. The average molecular weight is 238 g/mol. The minimum Gasteiger partial charge on any atom is -0.369 e. The van der Waals surface area contributed by atoms with Crippen molar-refractivity contribution < 1.29 is 4.79 Å². The van der Waals surface area contributed by atoms with Crippen molar-refractivity contribution in [2.45, 2.75) is 32.2 Å². The number of benzene rings is 1. The summed E-state index contributed by atoms with van der Waals surface area (Å²) < 4.78 is 0. The summed E-state index contributed by atoms with van der Waals surface area (Å²) in [5, 5.41) is 0.550. The van der Waals surface area contributed by atoms with Crippen LogP contribution >= 0.6 is 11.6 Å². The van der Waals surface area contributed by atoms with Crippen LogP contribution in [0, 0.1) is 0 Å². The van der Waals surface area contributed by atoms with E-state index in [-0.39, 0.29) is 0 Å². The van der Waals surface area contributed by atoms with Crippen molar-refractivity contribution in [3.8, 4) is 0 Å². The standard InChI is InChI=1S/C13H16ClNO/c1-2-11-4-3-7-15(11)12-6-5-10(9-16)13(14)8-12/h5-6,8-9,11H,2-4,7H2,1H3. The predicted octanol–water partition coefficient (Wildman–Crippen LogP) is 3.53. The Balaban J connectivity index is 2.27. The highest BCUT2D eigenvalue weighted by Gasteiger charge is 2.23. The Hall–Kier alpha value is -1.02. The first-order chi connectivity index (χ1) is 7.76. The lowest BCUT2D eigenvalue weighted by Crippen LogP contribution is -2.28. The Labute approximate surface area is 101 Å². The van der Waals surface area contributed by atoms with E-state index in [1.807, 2.05) is 12.1 Å². The van der Waals surface area contributed by atoms with Gasteiger partial charge in [0.15, 0.2) is 6.29 Å². The van der Waals surface area contributed by atoms with Crippen LogP contribution in [0.2, 0.25) is 5.02 Å². The molecule has 1 atom stereocenters. The normalized spacial score (nSPS) is 20.1. The first kappa shape index (κ1) is 11.5. The van der Waals surface area contributed by atoms with Crippen molar-refractivity contribution in [3.63, 3.8) is 0 Å². The predicted molar refractivity (Wildman–Crippen MR) is 67.5 cm³/mol. The molecule has 3 heteroatoms. The molecule has 0 saturated carbocycles. The van der Waals surface area contributed by atoms with E-state index in [0.717, 1.165) is 24.9 Å². The number of rotatable bonds is 3. The number of carbonyl (C=O) groups excluding carboxylic acids is 1. The second kappa shape index (κ2) is 4.88. The van der Waals surface area contributed by atoms with E-state index in [1.54, 1.807) is 6.07 Å². The minimum atomic E-state index is 0.550. The maximum absolute atomic E-state index is 10.7. The highest BCUT2D eigenvalue weighted by atomic mass is 35.5. The summed E-state index contributed by atoms with van der Waals surface area (Å²) in [5.74, 6) is 0. The van der Waals surface area contributed by atoms with Crippen molar-refractivity contribution in [3.05, 3.63) is 28.8 Å². The van der Waals surface area contributed by atoms with E-state index < -0.39 is 0 Å². The highest BCUT2D eigenvalue weighted by Crippen LogP contribution is 2.30. The van der Waals surface area contributed by atoms with Gasteiger partial charge in [0.2, 0.25) is 0 Å². The summed E-state index contributed by atoms with van der Waals surface area (Å²) >= 11 is 6.04. The molecule has 2 rings (SSSR count). The fourth-order valence-electron chi connectivity index (χ4n) is 2.39. The van der Waals surface area contributed by atoms with Gasteiger partial charge in [-0.25, -0.2) is 0 Å². The summed E-state index contributed by atoms with van der Waals surface area (Å²) in [4.78, 5) is 13.1. The molecule has 0 aromatic heterocycles. The Morgan fingerprint density at radius 3 is 3.00 bits per heavy atom. The van der Waals surface area contributed by atoms with Gasteiger partial charge >= 0.3 is 0 Å². The van der Waals surface area contributed by atoms with Crippen molar-refractivity contribution in [1.82, 2.24) is 0 Å². The number of hydrogen-bond donors (Lipinski definition) is 0. The lowest BCUT2D eigenvalue weighted by molar-refractivity contribution is 0.112. The maximum atomic E-state index is 10.7. The van der Waals surface area contributed by atoms with Crippen LogP contribution in [0.25, 0.3) is 0 Å². The zero-order valence-corrected chi connectivity index (χ0v) is 10.2. The molecule has 0 bridgehead atoms. The van der Waals surface area contributed by atoms with E-state index >= 15 is 0 Å². The van der Waals surface area contributed by atoms with E-state index in [9.17, 15) is 4.79 Å². The Morgan fingerprint density at radius 2 is 2.38 bits per heavy atom. The minimum absolute atomic E-state index is 0.550. The third-order valence-corrected chi connectivity index (χ3v) is 3.62. The van der Waals surface area contributed by atoms with Crippen molar-refractivity contribution in [2.24, 2.45) is 0 Å². The van der Waals surface area contributed by atoms with Crippen molar-refractivity contribution in [2.75, 3.05) is 11.4 Å². The van der Waals surface area contributed by atoms with Crippen LogP contribution in [0.5, 0.6) is 0 Å². The molecule has 0 spiro atoms. The molecule has 0 aliphatic carbocycles. The van der Waals surface area contributed by atoms with Crippen molar-refractivity contribution >= 4 is 23.6 Å². The number of anilines is 1. The first-order valence-electron chi connectivity index (χ1n) is 5.77. The van der Waals surface area contributed by atoms with Crippen LogP contribution < -0.4 is 4.90 Å². The number of hydrogen-bond acceptors (Lipinski definition) is 2. The number of aldehydes is 1. The van der Waals surface area contributed by atoms with Crippen LogP contribution in [0.3, 0.4) is 0 Å². The van der Waals surface area contributed by atoms with Crippen molar-refractivity contribution in [1.29, 1.82) is 0 Å². The fourth-order valence-corrected chi connectivity index (χ4v) is 2.61. The molecule has 1 saturated heterocycles. The van der Waals surface area contributed by atoms with Gasteiger partial charge in [-0.2, -0.15) is 0 Å². The van der Waals surface area contributed by atoms with Gasteiger partial charge in [-0.05, 0) is 37.5 Å². The molecule has 1 fully saturated rings. The molecular weight excluding hydrogens is 222 g/mol. The smallest absolute Gasteiger partial charge is 0.151 e. The molecule has 1 aromatic rings. The summed E-state index contributed by atoms with van der Waals surface area (Å²) in [6.07, 6.45) is 4.45. The molecule has 86 valence electrons. The lowest BCUT2D eigenvalue weighted by Gasteiger charge is -2.26. The average Bonchev–Trinajstić information content (AvgIpc) is 2.77. The maximum Gasteiger partial charge on any atom is 0.151 e. The summed E-state index contributed by atoms with van der Waals surface area (Å²) in [6, 6.07) is 6.32. The van der Waals surface area contributed by atoms with E-state index in [2.05, 4.69) is 11.8 Å². The molecule has 1 unspecified atom stereocenters. The quantitative estimate of drug-likeness (QED) is 0.750. The molecular formula is C13H16ClNO. The molecule has 2 nitrogen and oxygen atoms in total. The number of nitrogens with zero attached hydrogens (tertiary/aromatic N) is 1. The Bertz CT molecular complexity index is 392. The highest BCUT2D eigenvalue weighted by molar-refractivity contribution is 6.33. The SMILES string of the molecule is CCC1CCCN1c1ccc(C=O)c(Cl)c1. The fraction of sp³-hybridized carbons (Fsp3) is 0.462. The number of halogens is 1. The molecule has 16 heavy (non-hydrogen) atoms. The first-order valence-corrected chi connectivity index (χ1v) is 6.15. The van der Waals surface area contributed by atoms with Crippen LogP contribution in [-0.2, 0) is 0 Å². The zero-order chi connectivity index (χ0) is 11.5. The molecule has 1 aliphatic heterocycles. The topological polar surface area (TPSA) is 20.3 Å². The zero-order valence-electron chi connectivity index (χ0n) is 9.45. The summed E-state index contributed by atoms with van der Waals surface area (Å²) in [5.41, 5.74) is 1.71.